The van der Waals surface area contributed by atoms with Crippen molar-refractivity contribution in [3.63, 3.8) is 0 Å². The van der Waals surface area contributed by atoms with Crippen molar-refractivity contribution in [3.8, 4) is 0 Å². The Morgan fingerprint density at radius 2 is 1.67 bits per heavy atom. The summed E-state index contributed by atoms with van der Waals surface area (Å²) >= 11 is 0. The topological polar surface area (TPSA) is 46.6 Å². The lowest BCUT2D eigenvalue weighted by molar-refractivity contribution is -0.122. The van der Waals surface area contributed by atoms with Gasteiger partial charge in [-0.15, -0.1) is 0 Å². The van der Waals surface area contributed by atoms with Gasteiger partial charge >= 0.3 is 6.09 Å². The molecule has 0 aromatic rings. The molecule has 2 aliphatic carbocycles. The van der Waals surface area contributed by atoms with E-state index in [9.17, 15) is 9.59 Å². The van der Waals surface area contributed by atoms with Crippen molar-refractivity contribution >= 4 is 11.9 Å². The van der Waals surface area contributed by atoms with Crippen LogP contribution in [0.25, 0.3) is 0 Å². The van der Waals surface area contributed by atoms with Crippen LogP contribution in [0.15, 0.2) is 0 Å². The monoisotopic (exact) mass is 251 g/mol. The Hall–Kier alpha value is -1.06. The molecule has 1 amide bonds. The third-order valence-corrected chi connectivity index (χ3v) is 4.15. The summed E-state index contributed by atoms with van der Waals surface area (Å²) in [5.74, 6) is 1.93. The summed E-state index contributed by atoms with van der Waals surface area (Å²) in [4.78, 5) is 25.6. The van der Waals surface area contributed by atoms with Crippen LogP contribution in [0.2, 0.25) is 0 Å². The number of likely N-dealkylation sites (tertiary alicyclic amines) is 1. The zero-order chi connectivity index (χ0) is 13.1. The number of carbonyl (C=O) groups excluding carboxylic acids is 2. The van der Waals surface area contributed by atoms with Crippen LogP contribution in [-0.4, -0.2) is 35.5 Å². The van der Waals surface area contributed by atoms with Crippen LogP contribution in [0, 0.1) is 23.7 Å². The Labute approximate surface area is 108 Å². The molecule has 3 fully saturated rings. The fourth-order valence-electron chi connectivity index (χ4n) is 3.06. The summed E-state index contributed by atoms with van der Waals surface area (Å²) in [6, 6.07) is 0. The standard InChI is InChI=1S/C14H21NO3/c1-14(2,3)18-13(17)15-6-9-10(7-15)11(9)12(16)8-4-5-8/h8-11H,4-7H2,1-3H3. The molecule has 18 heavy (non-hydrogen) atoms. The van der Waals surface area contributed by atoms with Gasteiger partial charge in [0.25, 0.3) is 0 Å². The van der Waals surface area contributed by atoms with E-state index >= 15 is 0 Å². The second-order valence-corrected chi connectivity index (χ2v) is 6.92. The average Bonchev–Trinajstić information content (AvgIpc) is 3.14. The highest BCUT2D eigenvalue weighted by atomic mass is 16.6. The summed E-state index contributed by atoms with van der Waals surface area (Å²) < 4.78 is 5.35. The van der Waals surface area contributed by atoms with E-state index in [4.69, 9.17) is 4.74 Å². The van der Waals surface area contributed by atoms with Gasteiger partial charge in [0.1, 0.15) is 11.4 Å². The van der Waals surface area contributed by atoms with Crippen LogP contribution in [0.5, 0.6) is 0 Å². The van der Waals surface area contributed by atoms with Crippen LogP contribution in [-0.2, 0) is 9.53 Å². The summed E-state index contributed by atoms with van der Waals surface area (Å²) in [5.41, 5.74) is -0.437. The Bertz CT molecular complexity index is 382. The number of amides is 1. The van der Waals surface area contributed by atoms with Crippen molar-refractivity contribution in [1.82, 2.24) is 4.90 Å². The molecule has 0 spiro atoms. The highest BCUT2D eigenvalue weighted by Crippen LogP contribution is 2.55. The molecular formula is C14H21NO3. The molecule has 0 aromatic carbocycles. The summed E-state index contributed by atoms with van der Waals surface area (Å²) in [5, 5.41) is 0. The molecule has 1 heterocycles. The fourth-order valence-corrected chi connectivity index (χ4v) is 3.06. The molecule has 1 aliphatic heterocycles. The molecule has 0 N–H and O–H groups in total. The molecule has 4 nitrogen and oxygen atoms in total. The number of piperidine rings is 1. The summed E-state index contributed by atoms with van der Waals surface area (Å²) in [6.45, 7) is 7.05. The lowest BCUT2D eigenvalue weighted by atomic mass is 10.1. The lowest BCUT2D eigenvalue weighted by Gasteiger charge is -2.25. The third kappa shape index (κ3) is 2.13. The van der Waals surface area contributed by atoms with E-state index < -0.39 is 5.60 Å². The van der Waals surface area contributed by atoms with Crippen molar-refractivity contribution in [2.75, 3.05) is 13.1 Å². The van der Waals surface area contributed by atoms with Crippen LogP contribution in [0.3, 0.4) is 0 Å². The molecule has 2 saturated carbocycles. The second-order valence-electron chi connectivity index (χ2n) is 6.92. The Balaban J connectivity index is 1.51. The zero-order valence-electron chi connectivity index (χ0n) is 11.3. The number of hydrogen-bond donors (Lipinski definition) is 0. The van der Waals surface area contributed by atoms with E-state index in [1.54, 1.807) is 4.90 Å². The van der Waals surface area contributed by atoms with Gasteiger partial charge < -0.3 is 9.64 Å². The molecule has 0 aromatic heterocycles. The smallest absolute Gasteiger partial charge is 0.410 e. The maximum atomic E-state index is 12.0. The quantitative estimate of drug-likeness (QED) is 0.755. The van der Waals surface area contributed by atoms with Crippen LogP contribution >= 0.6 is 0 Å². The predicted octanol–water partition coefficient (Wildman–Crippen LogP) is 2.08. The van der Waals surface area contributed by atoms with Gasteiger partial charge in [-0.1, -0.05) is 0 Å². The Morgan fingerprint density at radius 3 is 2.11 bits per heavy atom. The molecule has 1 saturated heterocycles. The molecule has 2 atom stereocenters. The van der Waals surface area contributed by atoms with Gasteiger partial charge in [0.05, 0.1) is 0 Å². The first-order chi connectivity index (χ1) is 8.37. The second kappa shape index (κ2) is 3.72. The van der Waals surface area contributed by atoms with E-state index in [1.807, 2.05) is 20.8 Å². The van der Waals surface area contributed by atoms with E-state index in [0.717, 1.165) is 12.8 Å². The highest BCUT2D eigenvalue weighted by Gasteiger charge is 2.61. The zero-order valence-corrected chi connectivity index (χ0v) is 11.3. The minimum atomic E-state index is -0.437. The molecule has 2 unspecified atom stereocenters. The molecule has 3 rings (SSSR count). The van der Waals surface area contributed by atoms with E-state index in [-0.39, 0.29) is 12.0 Å². The van der Waals surface area contributed by atoms with Crippen LogP contribution in [0.1, 0.15) is 33.6 Å². The van der Waals surface area contributed by atoms with Gasteiger partial charge in [-0.3, -0.25) is 4.79 Å². The van der Waals surface area contributed by atoms with E-state index in [1.165, 1.54) is 0 Å². The van der Waals surface area contributed by atoms with Crippen molar-refractivity contribution in [2.45, 2.75) is 39.2 Å². The molecule has 3 aliphatic rings. The first-order valence-electron chi connectivity index (χ1n) is 6.88. The van der Waals surface area contributed by atoms with Gasteiger partial charge in [0.15, 0.2) is 0 Å². The van der Waals surface area contributed by atoms with E-state index in [2.05, 4.69) is 0 Å². The molecule has 0 bridgehead atoms. The largest absolute Gasteiger partial charge is 0.444 e. The Morgan fingerprint density at radius 1 is 1.11 bits per heavy atom. The van der Waals surface area contributed by atoms with Crippen molar-refractivity contribution in [2.24, 2.45) is 23.7 Å². The maximum absolute atomic E-state index is 12.0. The molecule has 4 heteroatoms. The number of Topliss-reactive ketones (excluding diaryl/α,β-unsaturated/α-hetero) is 1. The normalized spacial score (nSPS) is 34.2. The lowest BCUT2D eigenvalue weighted by Crippen LogP contribution is -2.37. The minimum absolute atomic E-state index is 0.229. The van der Waals surface area contributed by atoms with Crippen molar-refractivity contribution in [1.29, 1.82) is 0 Å². The number of nitrogens with zero attached hydrogens (tertiary/aromatic N) is 1. The summed E-state index contributed by atoms with van der Waals surface area (Å²) in [6.07, 6.45) is 1.95. The number of hydrogen-bond acceptors (Lipinski definition) is 3. The van der Waals surface area contributed by atoms with Gasteiger partial charge in [0.2, 0.25) is 0 Å². The molecule has 100 valence electrons. The number of ketones is 1. The minimum Gasteiger partial charge on any atom is -0.444 e. The average molecular weight is 251 g/mol. The first kappa shape index (κ1) is 12.0. The predicted molar refractivity (Wildman–Crippen MR) is 66.0 cm³/mol. The van der Waals surface area contributed by atoms with Gasteiger partial charge in [-0.05, 0) is 45.4 Å². The molecule has 0 radical (unpaired) electrons. The number of ether oxygens (including phenoxy) is 1. The van der Waals surface area contributed by atoms with Crippen LogP contribution in [0.4, 0.5) is 4.79 Å². The van der Waals surface area contributed by atoms with Crippen LogP contribution < -0.4 is 0 Å². The number of carbonyl (C=O) groups is 2. The SMILES string of the molecule is CC(C)(C)OC(=O)N1CC2C(C1)C2C(=O)C1CC1. The number of rotatable bonds is 2. The summed E-state index contributed by atoms with van der Waals surface area (Å²) in [7, 11) is 0. The van der Waals surface area contributed by atoms with Gasteiger partial charge in [-0.2, -0.15) is 0 Å². The highest BCUT2D eigenvalue weighted by molar-refractivity contribution is 5.89. The maximum Gasteiger partial charge on any atom is 0.410 e. The van der Waals surface area contributed by atoms with Crippen molar-refractivity contribution in [3.05, 3.63) is 0 Å². The third-order valence-electron chi connectivity index (χ3n) is 4.15. The first-order valence-corrected chi connectivity index (χ1v) is 6.88. The Kier molecular flexibility index (Phi) is 2.48. The van der Waals surface area contributed by atoms with Crippen molar-refractivity contribution < 1.29 is 14.3 Å². The van der Waals surface area contributed by atoms with E-state index in [0.29, 0.717) is 36.6 Å². The fraction of sp³-hybridized carbons (Fsp3) is 0.857. The van der Waals surface area contributed by atoms with Gasteiger partial charge in [-0.25, -0.2) is 4.79 Å². The molecular weight excluding hydrogens is 230 g/mol. The van der Waals surface area contributed by atoms with Gasteiger partial charge in [0, 0.05) is 24.9 Å². The number of fused-ring (bicyclic) bond motifs is 1.